The van der Waals surface area contributed by atoms with Gasteiger partial charge in [0.15, 0.2) is 0 Å². The van der Waals surface area contributed by atoms with Gasteiger partial charge in [0.25, 0.3) is 11.8 Å². The number of likely N-dealkylation sites (N-methyl/N-ethyl adjacent to an activating group) is 1. The van der Waals surface area contributed by atoms with E-state index in [0.717, 1.165) is 43.9 Å². The van der Waals surface area contributed by atoms with Crippen LogP contribution in [0.5, 0.6) is 0 Å². The lowest BCUT2D eigenvalue weighted by Crippen LogP contribution is -2.52. The summed E-state index contributed by atoms with van der Waals surface area (Å²) in [6, 6.07) is 6.95. The highest BCUT2D eigenvalue weighted by Crippen LogP contribution is 2.27. The van der Waals surface area contributed by atoms with Crippen molar-refractivity contribution in [3.63, 3.8) is 0 Å². The summed E-state index contributed by atoms with van der Waals surface area (Å²) >= 11 is 0. The molecule has 1 fully saturated rings. The molecule has 0 spiro atoms. The summed E-state index contributed by atoms with van der Waals surface area (Å²) in [5.74, 6) is -1.80. The van der Waals surface area contributed by atoms with Gasteiger partial charge in [-0.05, 0) is 36.2 Å². The fourth-order valence-electron chi connectivity index (χ4n) is 5.01. The van der Waals surface area contributed by atoms with Crippen molar-refractivity contribution in [2.75, 3.05) is 27.2 Å². The van der Waals surface area contributed by atoms with Crippen LogP contribution in [-0.2, 0) is 28.8 Å². The molecule has 1 heterocycles. The predicted octanol–water partition coefficient (Wildman–Crippen LogP) is 5.16. The number of nitrogens with zero attached hydrogens (tertiary/aromatic N) is 3. The quantitative estimate of drug-likeness (QED) is 0.0854. The Bertz CT molecular complexity index is 1490. The van der Waals surface area contributed by atoms with E-state index < -0.39 is 48.0 Å². The lowest BCUT2D eigenvalue weighted by Gasteiger charge is -2.29. The van der Waals surface area contributed by atoms with Crippen molar-refractivity contribution < 1.29 is 33.6 Å². The summed E-state index contributed by atoms with van der Waals surface area (Å²) in [6.07, 6.45) is 22.8. The van der Waals surface area contributed by atoms with Crippen LogP contribution in [0.4, 0.5) is 0 Å². The minimum atomic E-state index is -0.950. The van der Waals surface area contributed by atoms with Crippen molar-refractivity contribution in [2.24, 2.45) is 23.5 Å². The molecule has 0 saturated heterocycles. The van der Waals surface area contributed by atoms with Gasteiger partial charge < -0.3 is 31.9 Å². The zero-order chi connectivity index (χ0) is 46.5. The number of amides is 6. The van der Waals surface area contributed by atoms with Crippen LogP contribution in [0.2, 0.25) is 0 Å². The molecule has 3 rings (SSSR count). The van der Waals surface area contributed by atoms with Gasteiger partial charge >= 0.3 is 0 Å². The van der Waals surface area contributed by atoms with E-state index in [-0.39, 0.29) is 24.1 Å². The number of ketones is 1. The van der Waals surface area contributed by atoms with Crippen LogP contribution >= 0.6 is 0 Å². The smallest absolute Gasteiger partial charge is 0.290 e. The molecule has 15 nitrogen and oxygen atoms in total. The average molecular weight is 839 g/mol. The number of primary amides is 1. The Labute approximate surface area is 359 Å². The van der Waals surface area contributed by atoms with Gasteiger partial charge in [0.05, 0.1) is 19.3 Å². The number of terminal acetylenes is 1. The first-order valence-electron chi connectivity index (χ1n) is 20.7. The maximum Gasteiger partial charge on any atom is 0.290 e. The van der Waals surface area contributed by atoms with Gasteiger partial charge in [-0.25, -0.2) is 4.98 Å². The number of Topliss-reactive ketones (excluding diaryl/α,β-unsaturated/α-hetero) is 1. The van der Waals surface area contributed by atoms with E-state index in [1.807, 2.05) is 0 Å². The van der Waals surface area contributed by atoms with Gasteiger partial charge in [0.2, 0.25) is 29.9 Å². The number of hydrogen-bond acceptors (Lipinski definition) is 9. The van der Waals surface area contributed by atoms with Crippen molar-refractivity contribution in [1.82, 2.24) is 36.1 Å². The van der Waals surface area contributed by atoms with E-state index in [4.69, 9.17) is 5.73 Å². The second-order valence-corrected chi connectivity index (χ2v) is 15.1. The monoisotopic (exact) mass is 839 g/mol. The van der Waals surface area contributed by atoms with Gasteiger partial charge in [-0.3, -0.25) is 38.5 Å². The van der Waals surface area contributed by atoms with Crippen LogP contribution in [-0.4, -0.2) is 89.8 Å². The molecule has 1 saturated carbocycles. The number of carbonyl (C=O) groups excluding carboxylic acids is 7. The predicted molar refractivity (Wildman–Crippen MR) is 238 cm³/mol. The Morgan fingerprint density at radius 2 is 1.45 bits per heavy atom. The van der Waals surface area contributed by atoms with E-state index in [2.05, 4.69) is 99.5 Å². The Morgan fingerprint density at radius 3 is 1.88 bits per heavy atom. The Kier molecular flexibility index (Phi) is 36.8. The number of rotatable bonds is 16. The molecule has 6 N–H and O–H groups in total. The number of carbonyl (C=O) groups is 7. The van der Waals surface area contributed by atoms with Gasteiger partial charge in [0, 0.05) is 26.5 Å². The first kappa shape index (κ1) is 58.7. The third kappa shape index (κ3) is 30.4. The van der Waals surface area contributed by atoms with Gasteiger partial charge in [-0.2, -0.15) is 0 Å². The second-order valence-electron chi connectivity index (χ2n) is 15.1. The van der Waals surface area contributed by atoms with Crippen LogP contribution in [0, 0.1) is 30.6 Å². The van der Waals surface area contributed by atoms with Gasteiger partial charge in [0.1, 0.15) is 17.8 Å². The highest BCUT2D eigenvalue weighted by molar-refractivity contribution is 6.37. The first-order chi connectivity index (χ1) is 28.5. The fourth-order valence-corrected chi connectivity index (χ4v) is 5.01. The Balaban J connectivity index is -0.000000802. The molecule has 15 heteroatoms. The van der Waals surface area contributed by atoms with E-state index in [1.54, 1.807) is 44.4 Å². The number of benzene rings is 1. The van der Waals surface area contributed by atoms with Crippen molar-refractivity contribution in [3.8, 4) is 12.8 Å². The number of nitrogens with two attached hydrogens (primary N) is 1. The minimum Gasteiger partial charge on any atom is -0.368 e. The zero-order valence-corrected chi connectivity index (χ0v) is 37.8. The van der Waals surface area contributed by atoms with Crippen molar-refractivity contribution in [2.45, 2.75) is 125 Å². The first-order valence-corrected chi connectivity index (χ1v) is 20.7. The summed E-state index contributed by atoms with van der Waals surface area (Å²) in [5, 5.41) is 9.69. The Morgan fingerprint density at radius 1 is 0.883 bits per heavy atom. The average Bonchev–Trinajstić information content (AvgIpc) is 3.23. The highest BCUT2D eigenvalue weighted by Gasteiger charge is 2.31. The zero-order valence-electron chi connectivity index (χ0n) is 37.8. The fraction of sp³-hybridized carbons (Fsp3) is 0.578. The normalized spacial score (nSPS) is 12.3. The molecule has 1 unspecified atom stereocenters. The van der Waals surface area contributed by atoms with Crippen molar-refractivity contribution >= 4 is 41.7 Å². The maximum absolute atomic E-state index is 12.3. The molecule has 2 aromatic rings. The van der Waals surface area contributed by atoms with Crippen LogP contribution < -0.4 is 27.0 Å². The van der Waals surface area contributed by atoms with Crippen molar-refractivity contribution in [1.29, 1.82) is 0 Å². The summed E-state index contributed by atoms with van der Waals surface area (Å²) in [5.41, 5.74) is 5.77. The molecule has 0 bridgehead atoms. The standard InChI is InChI=1S/C15H21N5O3.C14H17N3O4.C7H16.C4H10.C3H8.C2H2/c16-12(21)9-19-15(23)13(10-4-2-1-3-5-10)20-14(22)11-8-17-6-7-18-11;1-17(2)14(21)12(10-6-4-3-5-7-10)16-13(20)11(19)8-15-9-18;1-4-5-6-7(2)3;1-4(2)3;1-3-2;1-2/h6-8,10,13H,1-5,9H2,(H2,16,21)(H,19,23)(H,20,22);3-7,9,12H,8H2,1-2H3,(H,15,18)(H,16,20);7H,4-6H2,1-3H3;4H,1-3H3;3H2,1-2H3;1-2H/t;12-;;;;/m.1..../s1. The van der Waals surface area contributed by atoms with Crippen LogP contribution in [0.1, 0.15) is 135 Å². The lowest BCUT2D eigenvalue weighted by molar-refractivity contribution is -0.140. The Hall–Kier alpha value is -5.65. The molecule has 1 aromatic carbocycles. The summed E-state index contributed by atoms with van der Waals surface area (Å²) in [4.78, 5) is 90.1. The van der Waals surface area contributed by atoms with Crippen molar-refractivity contribution in [3.05, 3.63) is 60.2 Å². The van der Waals surface area contributed by atoms with Gasteiger partial charge in [-0.15, -0.1) is 12.8 Å². The molecule has 2 atom stereocenters. The molecule has 1 aliphatic rings. The topological polar surface area (TPSA) is 223 Å². The minimum absolute atomic E-state index is 0.0391. The third-order valence-corrected chi connectivity index (χ3v) is 7.75. The molecule has 1 aliphatic carbocycles. The number of unbranched alkanes of at least 4 members (excludes halogenated alkanes) is 1. The summed E-state index contributed by atoms with van der Waals surface area (Å²) in [6.45, 7) is 16.9. The third-order valence-electron chi connectivity index (χ3n) is 7.75. The molecule has 0 aliphatic heterocycles. The van der Waals surface area contributed by atoms with E-state index in [1.165, 1.54) is 49.2 Å². The second kappa shape index (κ2) is 37.6. The van der Waals surface area contributed by atoms with E-state index in [0.29, 0.717) is 12.0 Å². The van der Waals surface area contributed by atoms with Gasteiger partial charge in [-0.1, -0.05) is 131 Å². The largest absolute Gasteiger partial charge is 0.368 e. The van der Waals surface area contributed by atoms with Crippen LogP contribution in [0.15, 0.2) is 48.9 Å². The molecule has 0 radical (unpaired) electrons. The summed E-state index contributed by atoms with van der Waals surface area (Å²) in [7, 11) is 3.11. The van der Waals surface area contributed by atoms with E-state index >= 15 is 0 Å². The highest BCUT2D eigenvalue weighted by atomic mass is 16.2. The lowest BCUT2D eigenvalue weighted by atomic mass is 9.83. The number of nitrogens with one attached hydrogen (secondary N) is 4. The van der Waals surface area contributed by atoms with Crippen LogP contribution in [0.25, 0.3) is 0 Å². The number of hydrogen-bond donors (Lipinski definition) is 5. The molecule has 336 valence electrons. The SMILES string of the molecule is C#C.CC(C)C.CCC.CCCCC(C)C.CN(C)C(=O)[C@H](NC(=O)C(=O)CNC=O)c1ccccc1.NC(=O)CNC(=O)C(NC(=O)c1cnccn1)C1CCCCC1. The molecule has 6 amide bonds. The molecule has 60 heavy (non-hydrogen) atoms. The molecular formula is C45H74N8O7. The van der Waals surface area contributed by atoms with Crippen LogP contribution in [0.3, 0.4) is 0 Å². The summed E-state index contributed by atoms with van der Waals surface area (Å²) < 4.78 is 0. The maximum atomic E-state index is 12.3. The van der Waals surface area contributed by atoms with E-state index in [9.17, 15) is 33.6 Å². The molecule has 1 aromatic heterocycles. The number of aromatic nitrogens is 2. The molecular weight excluding hydrogens is 765 g/mol.